The van der Waals surface area contributed by atoms with E-state index in [9.17, 15) is 4.39 Å². The Morgan fingerprint density at radius 2 is 1.95 bits per heavy atom. The molecule has 0 radical (unpaired) electrons. The van der Waals surface area contributed by atoms with Gasteiger partial charge in [0.2, 0.25) is 5.95 Å². The summed E-state index contributed by atoms with van der Waals surface area (Å²) in [4.78, 5) is 12.7. The summed E-state index contributed by atoms with van der Waals surface area (Å²) in [5.74, 6) is 1.91. The normalized spacial score (nSPS) is 29.2. The number of rotatable bonds is 3. The highest BCUT2D eigenvalue weighted by molar-refractivity contribution is 5.46. The van der Waals surface area contributed by atoms with Crippen LogP contribution in [0, 0.1) is 17.7 Å². The molecule has 2 atom stereocenters. The van der Waals surface area contributed by atoms with E-state index < -0.39 is 0 Å². The van der Waals surface area contributed by atoms with Crippen LogP contribution in [0.15, 0.2) is 6.20 Å². The molecule has 1 aromatic rings. The van der Waals surface area contributed by atoms with Gasteiger partial charge in [-0.3, -0.25) is 0 Å². The molecule has 7 heteroatoms. The molecule has 3 aliphatic rings. The molecule has 2 saturated heterocycles. The van der Waals surface area contributed by atoms with Crippen molar-refractivity contribution in [3.63, 3.8) is 0 Å². The van der Waals surface area contributed by atoms with E-state index in [1.54, 1.807) is 0 Å². The first kappa shape index (κ1) is 14.1. The third-order valence-corrected chi connectivity index (χ3v) is 4.95. The van der Waals surface area contributed by atoms with E-state index in [0.717, 1.165) is 19.0 Å². The molecule has 0 amide bonds. The first-order valence-electron chi connectivity index (χ1n) is 8.08. The number of aromatic nitrogens is 2. The molecule has 3 heterocycles. The number of nitrogens with zero attached hydrogens (tertiary/aromatic N) is 4. The van der Waals surface area contributed by atoms with Gasteiger partial charge in [0.25, 0.3) is 0 Å². The topological polar surface area (TPSA) is 67.5 Å². The summed E-state index contributed by atoms with van der Waals surface area (Å²) in [6.45, 7) is 4.19. The zero-order chi connectivity index (χ0) is 15.1. The lowest BCUT2D eigenvalue weighted by atomic mass is 9.99. The van der Waals surface area contributed by atoms with Gasteiger partial charge in [-0.1, -0.05) is 0 Å². The molecule has 6 nitrogen and oxygen atoms in total. The molecule has 2 aliphatic heterocycles. The highest BCUT2D eigenvalue weighted by Crippen LogP contribution is 2.41. The molecule has 0 unspecified atom stereocenters. The molecule has 4 rings (SSSR count). The monoisotopic (exact) mass is 307 g/mol. The number of anilines is 2. The van der Waals surface area contributed by atoms with Crippen LogP contribution in [0.4, 0.5) is 16.2 Å². The number of hydrogen-bond donors (Lipinski definition) is 1. The Kier molecular flexibility index (Phi) is 3.62. The van der Waals surface area contributed by atoms with Crippen LogP contribution in [0.5, 0.6) is 0 Å². The smallest absolute Gasteiger partial charge is 0.227 e. The number of nitrogens with two attached hydrogens (primary N) is 1. The Morgan fingerprint density at radius 3 is 2.68 bits per heavy atom. The van der Waals surface area contributed by atoms with E-state index in [1.165, 1.54) is 19.0 Å². The molecule has 0 spiro atoms. The molecule has 120 valence electrons. The molecular weight excluding hydrogens is 285 g/mol. The third-order valence-electron chi connectivity index (χ3n) is 4.95. The van der Waals surface area contributed by atoms with Crippen molar-refractivity contribution in [2.24, 2.45) is 17.6 Å². The molecule has 1 saturated carbocycles. The van der Waals surface area contributed by atoms with Gasteiger partial charge >= 0.3 is 0 Å². The van der Waals surface area contributed by atoms with Crippen molar-refractivity contribution in [2.45, 2.75) is 18.9 Å². The Hall–Kier alpha value is -1.47. The summed E-state index contributed by atoms with van der Waals surface area (Å²) in [5, 5.41) is 0. The fourth-order valence-electron chi connectivity index (χ4n) is 3.54. The molecular formula is C15H22FN5O. The fourth-order valence-corrected chi connectivity index (χ4v) is 3.54. The Bertz CT molecular complexity index is 547. The summed E-state index contributed by atoms with van der Waals surface area (Å²) in [6, 6.07) is 0.174. The predicted molar refractivity (Wildman–Crippen MR) is 81.4 cm³/mol. The highest BCUT2D eigenvalue weighted by atomic mass is 19.1. The molecule has 1 aromatic heterocycles. The Balaban J connectivity index is 1.54. The number of hydrogen-bond acceptors (Lipinski definition) is 6. The lowest BCUT2D eigenvalue weighted by Crippen LogP contribution is -2.38. The van der Waals surface area contributed by atoms with Crippen molar-refractivity contribution in [2.75, 3.05) is 49.2 Å². The Morgan fingerprint density at radius 1 is 1.18 bits per heavy atom. The highest BCUT2D eigenvalue weighted by Gasteiger charge is 2.41. The largest absolute Gasteiger partial charge is 0.378 e. The molecule has 1 aliphatic carbocycles. The van der Waals surface area contributed by atoms with Gasteiger partial charge in [-0.25, -0.2) is 9.37 Å². The summed E-state index contributed by atoms with van der Waals surface area (Å²) in [6.07, 6.45) is 3.86. The van der Waals surface area contributed by atoms with Crippen LogP contribution in [0.2, 0.25) is 0 Å². The SMILES string of the molecule is N[C@H]1CN(c2ncc(F)c(N3CCOCC3)n2)C[C@@H]1C1CC1. The molecule has 0 aromatic carbocycles. The minimum Gasteiger partial charge on any atom is -0.378 e. The lowest BCUT2D eigenvalue weighted by Gasteiger charge is -2.28. The maximum atomic E-state index is 14.1. The second-order valence-electron chi connectivity index (χ2n) is 6.51. The predicted octanol–water partition coefficient (Wildman–Crippen LogP) is 0.626. The van der Waals surface area contributed by atoms with Gasteiger partial charge in [-0.05, 0) is 24.7 Å². The molecule has 3 fully saturated rings. The minimum absolute atomic E-state index is 0.174. The molecule has 2 N–H and O–H groups in total. The first-order valence-corrected chi connectivity index (χ1v) is 8.08. The summed E-state index contributed by atoms with van der Waals surface area (Å²) >= 11 is 0. The van der Waals surface area contributed by atoms with Crippen molar-refractivity contribution in [3.8, 4) is 0 Å². The van der Waals surface area contributed by atoms with Crippen molar-refractivity contribution in [3.05, 3.63) is 12.0 Å². The summed E-state index contributed by atoms with van der Waals surface area (Å²) in [5.41, 5.74) is 6.26. The number of morpholine rings is 1. The second-order valence-corrected chi connectivity index (χ2v) is 6.51. The van der Waals surface area contributed by atoms with Crippen LogP contribution < -0.4 is 15.5 Å². The zero-order valence-corrected chi connectivity index (χ0v) is 12.6. The van der Waals surface area contributed by atoms with Crippen LogP contribution in [0.3, 0.4) is 0 Å². The Labute approximate surface area is 129 Å². The van der Waals surface area contributed by atoms with E-state index in [0.29, 0.717) is 44.0 Å². The van der Waals surface area contributed by atoms with Gasteiger partial charge in [-0.2, -0.15) is 4.98 Å². The van der Waals surface area contributed by atoms with Gasteiger partial charge in [0.15, 0.2) is 11.6 Å². The van der Waals surface area contributed by atoms with Crippen molar-refractivity contribution >= 4 is 11.8 Å². The first-order chi connectivity index (χ1) is 10.7. The number of halogens is 1. The lowest BCUT2D eigenvalue weighted by molar-refractivity contribution is 0.122. The van der Waals surface area contributed by atoms with Crippen molar-refractivity contribution < 1.29 is 9.13 Å². The van der Waals surface area contributed by atoms with Gasteiger partial charge in [0, 0.05) is 32.2 Å². The summed E-state index contributed by atoms with van der Waals surface area (Å²) < 4.78 is 19.4. The molecule has 0 bridgehead atoms. The fraction of sp³-hybridized carbons (Fsp3) is 0.733. The van der Waals surface area contributed by atoms with E-state index in [-0.39, 0.29) is 11.9 Å². The van der Waals surface area contributed by atoms with Crippen LogP contribution in [0.1, 0.15) is 12.8 Å². The maximum absolute atomic E-state index is 14.1. The van der Waals surface area contributed by atoms with Gasteiger partial charge < -0.3 is 20.3 Å². The third kappa shape index (κ3) is 2.63. The van der Waals surface area contributed by atoms with Gasteiger partial charge in [-0.15, -0.1) is 0 Å². The van der Waals surface area contributed by atoms with Crippen LogP contribution >= 0.6 is 0 Å². The minimum atomic E-state index is -0.368. The zero-order valence-electron chi connectivity index (χ0n) is 12.6. The van der Waals surface area contributed by atoms with Gasteiger partial charge in [0.1, 0.15) is 0 Å². The van der Waals surface area contributed by atoms with Crippen molar-refractivity contribution in [1.29, 1.82) is 0 Å². The van der Waals surface area contributed by atoms with Crippen molar-refractivity contribution in [1.82, 2.24) is 9.97 Å². The summed E-state index contributed by atoms with van der Waals surface area (Å²) in [7, 11) is 0. The standard InChI is InChI=1S/C15H22FN5O/c16-12-7-18-15(19-14(12)20-3-5-22-6-4-20)21-8-11(10-1-2-10)13(17)9-21/h7,10-11,13H,1-6,8-9,17H2/t11-,13+/m1/s1. The second kappa shape index (κ2) is 5.62. The molecule has 22 heavy (non-hydrogen) atoms. The average molecular weight is 307 g/mol. The number of ether oxygens (including phenoxy) is 1. The van der Waals surface area contributed by atoms with Crippen LogP contribution in [-0.4, -0.2) is 55.4 Å². The van der Waals surface area contributed by atoms with Gasteiger partial charge in [0.05, 0.1) is 19.4 Å². The maximum Gasteiger partial charge on any atom is 0.227 e. The van der Waals surface area contributed by atoms with E-state index in [2.05, 4.69) is 14.9 Å². The van der Waals surface area contributed by atoms with E-state index >= 15 is 0 Å². The van der Waals surface area contributed by atoms with E-state index in [4.69, 9.17) is 10.5 Å². The average Bonchev–Trinajstić information content (AvgIpc) is 3.31. The van der Waals surface area contributed by atoms with Crippen LogP contribution in [0.25, 0.3) is 0 Å². The van der Waals surface area contributed by atoms with E-state index in [1.807, 2.05) is 4.90 Å². The van der Waals surface area contributed by atoms with Crippen LogP contribution in [-0.2, 0) is 4.74 Å². The quantitative estimate of drug-likeness (QED) is 0.883.